The smallest absolute Gasteiger partial charge is 0.0608 e. The van der Waals surface area contributed by atoms with Gasteiger partial charge in [0.15, 0.2) is 0 Å². The first-order valence-electron chi connectivity index (χ1n) is 5.39. The Kier molecular flexibility index (Phi) is 5.35. The Balaban J connectivity index is 1.92. The van der Waals surface area contributed by atoms with Gasteiger partial charge in [0.1, 0.15) is 0 Å². The zero-order valence-corrected chi connectivity index (χ0v) is 8.88. The summed E-state index contributed by atoms with van der Waals surface area (Å²) in [5.74, 6) is 0. The number of hydrazine groups is 1. The van der Waals surface area contributed by atoms with Crippen LogP contribution < -0.4 is 5.43 Å². The SMILES string of the molecule is CC(C)OCCNN1CCCCC1. The van der Waals surface area contributed by atoms with E-state index in [1.165, 1.54) is 32.4 Å². The molecule has 0 amide bonds. The number of hydrogen-bond acceptors (Lipinski definition) is 3. The molecule has 1 N–H and O–H groups in total. The highest BCUT2D eigenvalue weighted by atomic mass is 16.5. The first-order chi connectivity index (χ1) is 6.29. The van der Waals surface area contributed by atoms with E-state index in [2.05, 4.69) is 24.3 Å². The van der Waals surface area contributed by atoms with Crippen LogP contribution in [0.4, 0.5) is 0 Å². The van der Waals surface area contributed by atoms with Gasteiger partial charge in [-0.1, -0.05) is 6.42 Å². The zero-order valence-electron chi connectivity index (χ0n) is 8.88. The van der Waals surface area contributed by atoms with Gasteiger partial charge in [0.05, 0.1) is 12.7 Å². The minimum atomic E-state index is 0.350. The predicted molar refractivity (Wildman–Crippen MR) is 54.5 cm³/mol. The lowest BCUT2D eigenvalue weighted by Crippen LogP contribution is -2.43. The highest BCUT2D eigenvalue weighted by molar-refractivity contribution is 4.60. The standard InChI is InChI=1S/C10H22N2O/c1-10(2)13-9-6-11-12-7-4-3-5-8-12/h10-11H,3-9H2,1-2H3. The molecule has 0 aromatic heterocycles. The fraction of sp³-hybridized carbons (Fsp3) is 1.00. The third kappa shape index (κ3) is 5.24. The van der Waals surface area contributed by atoms with E-state index in [4.69, 9.17) is 4.74 Å². The lowest BCUT2D eigenvalue weighted by atomic mass is 10.2. The molecule has 0 radical (unpaired) electrons. The van der Waals surface area contributed by atoms with Gasteiger partial charge >= 0.3 is 0 Å². The summed E-state index contributed by atoms with van der Waals surface area (Å²) in [7, 11) is 0. The summed E-state index contributed by atoms with van der Waals surface area (Å²) in [6.45, 7) is 8.29. The van der Waals surface area contributed by atoms with Gasteiger partial charge in [0.2, 0.25) is 0 Å². The molecule has 3 nitrogen and oxygen atoms in total. The molecule has 1 heterocycles. The second-order valence-corrected chi connectivity index (χ2v) is 3.88. The molecule has 78 valence electrons. The molecule has 1 aliphatic rings. The summed E-state index contributed by atoms with van der Waals surface area (Å²) < 4.78 is 5.44. The van der Waals surface area contributed by atoms with Crippen LogP contribution in [0.3, 0.4) is 0 Å². The molecule has 1 saturated heterocycles. The van der Waals surface area contributed by atoms with Crippen LogP contribution in [-0.2, 0) is 4.74 Å². The molecular formula is C10H22N2O. The molecule has 0 bridgehead atoms. The normalized spacial score (nSPS) is 19.6. The predicted octanol–water partition coefficient (Wildman–Crippen LogP) is 1.40. The molecule has 1 rings (SSSR count). The molecule has 0 aromatic rings. The Morgan fingerprint density at radius 1 is 1.23 bits per heavy atom. The summed E-state index contributed by atoms with van der Waals surface area (Å²) in [5, 5.41) is 2.31. The maximum absolute atomic E-state index is 5.44. The molecule has 0 saturated carbocycles. The van der Waals surface area contributed by atoms with Crippen LogP contribution in [-0.4, -0.2) is 37.4 Å². The van der Waals surface area contributed by atoms with Crippen molar-refractivity contribution in [2.75, 3.05) is 26.2 Å². The van der Waals surface area contributed by atoms with Crippen molar-refractivity contribution in [2.45, 2.75) is 39.2 Å². The van der Waals surface area contributed by atoms with E-state index in [0.29, 0.717) is 6.10 Å². The second kappa shape index (κ2) is 6.35. The zero-order chi connectivity index (χ0) is 9.52. The van der Waals surface area contributed by atoms with Gasteiger partial charge in [0, 0.05) is 19.6 Å². The highest BCUT2D eigenvalue weighted by Gasteiger charge is 2.08. The minimum absolute atomic E-state index is 0.350. The number of nitrogens with one attached hydrogen (secondary N) is 1. The van der Waals surface area contributed by atoms with E-state index in [1.807, 2.05) is 0 Å². The van der Waals surface area contributed by atoms with Crippen molar-refractivity contribution in [2.24, 2.45) is 0 Å². The highest BCUT2D eigenvalue weighted by Crippen LogP contribution is 2.05. The monoisotopic (exact) mass is 186 g/mol. The van der Waals surface area contributed by atoms with Crippen LogP contribution in [0.5, 0.6) is 0 Å². The number of rotatable bonds is 5. The fourth-order valence-electron chi connectivity index (χ4n) is 1.55. The van der Waals surface area contributed by atoms with Gasteiger partial charge in [-0.2, -0.15) is 0 Å². The molecule has 13 heavy (non-hydrogen) atoms. The number of hydrogen-bond donors (Lipinski definition) is 1. The number of piperidine rings is 1. The van der Waals surface area contributed by atoms with Crippen molar-refractivity contribution in [1.82, 2.24) is 10.4 Å². The van der Waals surface area contributed by atoms with E-state index < -0.39 is 0 Å². The van der Waals surface area contributed by atoms with Gasteiger partial charge in [0.25, 0.3) is 0 Å². The van der Waals surface area contributed by atoms with E-state index in [-0.39, 0.29) is 0 Å². The lowest BCUT2D eigenvalue weighted by Gasteiger charge is -2.27. The van der Waals surface area contributed by atoms with Gasteiger partial charge in [-0.3, -0.25) is 5.43 Å². The molecule has 0 spiro atoms. The first kappa shape index (κ1) is 11.0. The molecule has 1 fully saturated rings. The summed E-state index contributed by atoms with van der Waals surface area (Å²) in [5.41, 5.74) is 3.39. The Morgan fingerprint density at radius 3 is 2.54 bits per heavy atom. The molecule has 3 heteroatoms. The Morgan fingerprint density at radius 2 is 1.92 bits per heavy atom. The van der Waals surface area contributed by atoms with Crippen LogP contribution in [0.25, 0.3) is 0 Å². The molecule has 0 aromatic carbocycles. The van der Waals surface area contributed by atoms with Gasteiger partial charge in [-0.05, 0) is 26.7 Å². The van der Waals surface area contributed by atoms with E-state index in [0.717, 1.165) is 13.2 Å². The minimum Gasteiger partial charge on any atom is -0.377 e. The van der Waals surface area contributed by atoms with E-state index >= 15 is 0 Å². The average Bonchev–Trinajstić information content (AvgIpc) is 2.14. The summed E-state index contributed by atoms with van der Waals surface area (Å²) >= 11 is 0. The van der Waals surface area contributed by atoms with Crippen molar-refractivity contribution in [3.63, 3.8) is 0 Å². The van der Waals surface area contributed by atoms with Gasteiger partial charge in [-0.25, -0.2) is 5.01 Å². The van der Waals surface area contributed by atoms with Crippen LogP contribution >= 0.6 is 0 Å². The maximum atomic E-state index is 5.44. The van der Waals surface area contributed by atoms with Crippen LogP contribution in [0.15, 0.2) is 0 Å². The third-order valence-corrected chi connectivity index (χ3v) is 2.24. The average molecular weight is 186 g/mol. The van der Waals surface area contributed by atoms with Crippen molar-refractivity contribution >= 4 is 0 Å². The maximum Gasteiger partial charge on any atom is 0.0608 e. The third-order valence-electron chi connectivity index (χ3n) is 2.24. The fourth-order valence-corrected chi connectivity index (χ4v) is 1.55. The van der Waals surface area contributed by atoms with E-state index in [1.54, 1.807) is 0 Å². The molecule has 1 aliphatic heterocycles. The Bertz CT molecular complexity index is 122. The van der Waals surface area contributed by atoms with Crippen molar-refractivity contribution < 1.29 is 4.74 Å². The Labute approximate surface area is 81.4 Å². The quantitative estimate of drug-likeness (QED) is 0.657. The largest absolute Gasteiger partial charge is 0.377 e. The molecular weight excluding hydrogens is 164 g/mol. The van der Waals surface area contributed by atoms with Crippen LogP contribution in [0, 0.1) is 0 Å². The first-order valence-corrected chi connectivity index (χ1v) is 5.39. The van der Waals surface area contributed by atoms with E-state index in [9.17, 15) is 0 Å². The summed E-state index contributed by atoms with van der Waals surface area (Å²) in [6.07, 6.45) is 4.40. The van der Waals surface area contributed by atoms with Crippen LogP contribution in [0.2, 0.25) is 0 Å². The number of ether oxygens (including phenoxy) is 1. The van der Waals surface area contributed by atoms with Crippen molar-refractivity contribution in [3.8, 4) is 0 Å². The topological polar surface area (TPSA) is 24.5 Å². The Hall–Kier alpha value is -0.120. The van der Waals surface area contributed by atoms with Crippen LogP contribution in [0.1, 0.15) is 33.1 Å². The van der Waals surface area contributed by atoms with Gasteiger partial charge in [-0.15, -0.1) is 0 Å². The second-order valence-electron chi connectivity index (χ2n) is 3.88. The van der Waals surface area contributed by atoms with Gasteiger partial charge < -0.3 is 4.74 Å². The summed E-state index contributed by atoms with van der Waals surface area (Å²) in [4.78, 5) is 0. The lowest BCUT2D eigenvalue weighted by molar-refractivity contribution is 0.0602. The number of nitrogens with zero attached hydrogens (tertiary/aromatic N) is 1. The molecule has 0 aliphatic carbocycles. The van der Waals surface area contributed by atoms with Crippen molar-refractivity contribution in [3.05, 3.63) is 0 Å². The van der Waals surface area contributed by atoms with Crippen molar-refractivity contribution in [1.29, 1.82) is 0 Å². The summed E-state index contributed by atoms with van der Waals surface area (Å²) in [6, 6.07) is 0. The molecule has 0 unspecified atom stereocenters. The molecule has 0 atom stereocenters.